The van der Waals surface area contributed by atoms with Crippen molar-refractivity contribution in [2.24, 2.45) is 0 Å². The molecular weight excluding hydrogens is 282 g/mol. The van der Waals surface area contributed by atoms with Crippen molar-refractivity contribution in [1.29, 1.82) is 0 Å². The van der Waals surface area contributed by atoms with Crippen molar-refractivity contribution in [3.8, 4) is 0 Å². The fourth-order valence-corrected chi connectivity index (χ4v) is 3.36. The molecule has 5 nitrogen and oxygen atoms in total. The van der Waals surface area contributed by atoms with Gasteiger partial charge in [0, 0.05) is 10.9 Å². The molecule has 6 heteroatoms. The minimum Gasteiger partial charge on any atom is -0.310 e. The maximum Gasteiger partial charge on any atom is 0.214 e. The van der Waals surface area contributed by atoms with E-state index in [9.17, 15) is 0 Å². The molecule has 1 aliphatic carbocycles. The zero-order chi connectivity index (χ0) is 14.7. The first kappa shape index (κ1) is 14.5. The van der Waals surface area contributed by atoms with Crippen molar-refractivity contribution in [1.82, 2.24) is 25.5 Å². The van der Waals surface area contributed by atoms with Gasteiger partial charge < -0.3 is 5.32 Å². The lowest BCUT2D eigenvalue weighted by Crippen LogP contribution is -2.19. The summed E-state index contributed by atoms with van der Waals surface area (Å²) in [7, 11) is 0. The number of hydrogen-bond acceptors (Lipinski definition) is 5. The molecule has 0 bridgehead atoms. The Morgan fingerprint density at radius 2 is 2.19 bits per heavy atom. The van der Waals surface area contributed by atoms with E-state index in [1.807, 2.05) is 4.68 Å². The second kappa shape index (κ2) is 6.58. The molecule has 1 saturated carbocycles. The molecule has 0 aliphatic heterocycles. The van der Waals surface area contributed by atoms with Crippen LogP contribution in [-0.2, 0) is 0 Å². The molecule has 1 unspecified atom stereocenters. The number of nitrogens with zero attached hydrogens (tertiary/aromatic N) is 4. The van der Waals surface area contributed by atoms with Gasteiger partial charge in [-0.15, -0.1) is 5.10 Å². The molecule has 1 aromatic heterocycles. The topological polar surface area (TPSA) is 55.6 Å². The summed E-state index contributed by atoms with van der Waals surface area (Å²) in [5.74, 6) is 0. The van der Waals surface area contributed by atoms with Gasteiger partial charge in [0.2, 0.25) is 5.16 Å². The lowest BCUT2D eigenvalue weighted by atomic mass is 10.1. The van der Waals surface area contributed by atoms with E-state index in [4.69, 9.17) is 0 Å². The number of hydrogen-bond donors (Lipinski definition) is 1. The molecule has 21 heavy (non-hydrogen) atoms. The molecule has 0 amide bonds. The van der Waals surface area contributed by atoms with Crippen LogP contribution in [0.15, 0.2) is 34.3 Å². The van der Waals surface area contributed by atoms with Crippen LogP contribution < -0.4 is 5.32 Å². The Labute approximate surface area is 129 Å². The molecule has 1 aliphatic rings. The molecule has 1 atom stereocenters. The highest BCUT2D eigenvalue weighted by Crippen LogP contribution is 2.39. The van der Waals surface area contributed by atoms with Crippen LogP contribution in [0.4, 0.5) is 0 Å². The Bertz CT molecular complexity index is 593. The second-order valence-corrected chi connectivity index (χ2v) is 6.46. The SMILES string of the molecule is CCCNC(C)c1ccccc1Sc1nnnn1C1CC1. The van der Waals surface area contributed by atoms with Gasteiger partial charge in [-0.25, -0.2) is 4.68 Å². The molecule has 1 heterocycles. The summed E-state index contributed by atoms with van der Waals surface area (Å²) < 4.78 is 1.96. The average molecular weight is 303 g/mol. The van der Waals surface area contributed by atoms with E-state index in [0.29, 0.717) is 12.1 Å². The minimum absolute atomic E-state index is 0.332. The van der Waals surface area contributed by atoms with Gasteiger partial charge in [0.1, 0.15) is 0 Å². The summed E-state index contributed by atoms with van der Waals surface area (Å²) >= 11 is 1.66. The smallest absolute Gasteiger partial charge is 0.214 e. The molecule has 112 valence electrons. The van der Waals surface area contributed by atoms with E-state index in [-0.39, 0.29) is 0 Å². The summed E-state index contributed by atoms with van der Waals surface area (Å²) in [5, 5.41) is 16.6. The number of tetrazole rings is 1. The molecule has 0 saturated heterocycles. The van der Waals surface area contributed by atoms with Gasteiger partial charge >= 0.3 is 0 Å². The van der Waals surface area contributed by atoms with E-state index in [2.05, 4.69) is 59.0 Å². The summed E-state index contributed by atoms with van der Waals surface area (Å²) in [6, 6.07) is 9.33. The summed E-state index contributed by atoms with van der Waals surface area (Å²) in [6.07, 6.45) is 3.52. The van der Waals surface area contributed by atoms with E-state index in [0.717, 1.165) is 18.1 Å². The van der Waals surface area contributed by atoms with E-state index < -0.39 is 0 Å². The fraction of sp³-hybridized carbons (Fsp3) is 0.533. The van der Waals surface area contributed by atoms with E-state index in [1.54, 1.807) is 11.8 Å². The van der Waals surface area contributed by atoms with Crippen LogP contribution in [0, 0.1) is 0 Å². The third-order valence-corrected chi connectivity index (χ3v) is 4.69. The molecule has 1 N–H and O–H groups in total. The Kier molecular flexibility index (Phi) is 4.55. The van der Waals surface area contributed by atoms with E-state index in [1.165, 1.54) is 23.3 Å². The standard InChI is InChI=1S/C15H21N5S/c1-3-10-16-11(2)13-6-4-5-7-14(13)21-15-17-18-19-20(15)12-8-9-12/h4-7,11-12,16H,3,8-10H2,1-2H3. The molecule has 3 rings (SSSR count). The van der Waals surface area contributed by atoms with Crippen molar-refractivity contribution in [3.05, 3.63) is 29.8 Å². The van der Waals surface area contributed by atoms with Crippen LogP contribution in [0.25, 0.3) is 0 Å². The van der Waals surface area contributed by atoms with Crippen LogP contribution in [0.2, 0.25) is 0 Å². The predicted octanol–water partition coefficient (Wildman–Crippen LogP) is 3.22. The number of aromatic nitrogens is 4. The number of nitrogens with one attached hydrogen (secondary N) is 1. The third-order valence-electron chi connectivity index (χ3n) is 3.64. The number of rotatable bonds is 7. The van der Waals surface area contributed by atoms with Crippen molar-refractivity contribution >= 4 is 11.8 Å². The van der Waals surface area contributed by atoms with Gasteiger partial charge in [-0.2, -0.15) is 0 Å². The van der Waals surface area contributed by atoms with Crippen LogP contribution >= 0.6 is 11.8 Å². The average Bonchev–Trinajstić information content (AvgIpc) is 3.25. The van der Waals surface area contributed by atoms with Gasteiger partial charge in [-0.1, -0.05) is 25.1 Å². The molecule has 2 aromatic rings. The van der Waals surface area contributed by atoms with Crippen molar-refractivity contribution < 1.29 is 0 Å². The Hall–Kier alpha value is -1.40. The van der Waals surface area contributed by atoms with Crippen molar-refractivity contribution in [3.63, 3.8) is 0 Å². The molecule has 1 fully saturated rings. The van der Waals surface area contributed by atoms with Crippen molar-refractivity contribution in [2.75, 3.05) is 6.54 Å². The van der Waals surface area contributed by atoms with Gasteiger partial charge in [0.25, 0.3) is 0 Å². The normalized spacial score (nSPS) is 16.1. The first-order valence-electron chi connectivity index (χ1n) is 7.57. The number of benzene rings is 1. The lowest BCUT2D eigenvalue weighted by molar-refractivity contribution is 0.560. The second-order valence-electron chi connectivity index (χ2n) is 5.45. The lowest BCUT2D eigenvalue weighted by Gasteiger charge is -2.17. The van der Waals surface area contributed by atoms with Gasteiger partial charge in [-0.3, -0.25) is 0 Å². The highest BCUT2D eigenvalue weighted by molar-refractivity contribution is 7.99. The molecular formula is C15H21N5S. The highest BCUT2D eigenvalue weighted by Gasteiger charge is 2.28. The van der Waals surface area contributed by atoms with Crippen LogP contribution in [0.3, 0.4) is 0 Å². The first-order valence-corrected chi connectivity index (χ1v) is 8.39. The van der Waals surface area contributed by atoms with Gasteiger partial charge in [0.15, 0.2) is 0 Å². The van der Waals surface area contributed by atoms with Gasteiger partial charge in [0.05, 0.1) is 6.04 Å². The molecule has 0 spiro atoms. The third kappa shape index (κ3) is 3.44. The molecule has 1 aromatic carbocycles. The quantitative estimate of drug-likeness (QED) is 0.851. The van der Waals surface area contributed by atoms with Crippen LogP contribution in [0.1, 0.15) is 50.8 Å². The monoisotopic (exact) mass is 303 g/mol. The summed E-state index contributed by atoms with van der Waals surface area (Å²) in [6.45, 7) is 5.42. The zero-order valence-corrected chi connectivity index (χ0v) is 13.3. The summed E-state index contributed by atoms with van der Waals surface area (Å²) in [4.78, 5) is 1.23. The Morgan fingerprint density at radius 1 is 1.38 bits per heavy atom. The maximum absolute atomic E-state index is 4.18. The first-order chi connectivity index (χ1) is 10.3. The molecule has 0 radical (unpaired) electrons. The summed E-state index contributed by atoms with van der Waals surface area (Å²) in [5.41, 5.74) is 1.31. The Balaban J connectivity index is 1.79. The van der Waals surface area contributed by atoms with E-state index >= 15 is 0 Å². The largest absolute Gasteiger partial charge is 0.310 e. The van der Waals surface area contributed by atoms with Crippen LogP contribution in [-0.4, -0.2) is 26.8 Å². The predicted molar refractivity (Wildman–Crippen MR) is 83.4 cm³/mol. The van der Waals surface area contributed by atoms with Gasteiger partial charge in [-0.05, 0) is 66.5 Å². The minimum atomic E-state index is 0.332. The highest BCUT2D eigenvalue weighted by atomic mass is 32.2. The Morgan fingerprint density at radius 3 is 2.95 bits per heavy atom. The maximum atomic E-state index is 4.18. The fourth-order valence-electron chi connectivity index (χ4n) is 2.30. The van der Waals surface area contributed by atoms with Crippen molar-refractivity contribution in [2.45, 2.75) is 55.2 Å². The van der Waals surface area contributed by atoms with Crippen LogP contribution in [0.5, 0.6) is 0 Å². The zero-order valence-electron chi connectivity index (χ0n) is 12.5.